The molecule has 3 N–H and O–H groups in total. The number of hydrazine groups is 1. The van der Waals surface area contributed by atoms with E-state index < -0.39 is 0 Å². The Morgan fingerprint density at radius 1 is 1.29 bits per heavy atom. The van der Waals surface area contributed by atoms with Crippen LogP contribution in [0.15, 0.2) is 18.2 Å². The van der Waals surface area contributed by atoms with Crippen molar-refractivity contribution >= 4 is 17.1 Å². The second kappa shape index (κ2) is 5.50. The fourth-order valence-electron chi connectivity index (χ4n) is 3.51. The SMILES string of the molecule is CN1C2CCC1CN(c1cc(NN)cc([N+](=O)[O-])c1)CC2. The molecule has 2 aliphatic heterocycles. The van der Waals surface area contributed by atoms with Crippen LogP contribution in [0.4, 0.5) is 17.1 Å². The fourth-order valence-corrected chi connectivity index (χ4v) is 3.51. The number of nitrogen functional groups attached to an aromatic ring is 1. The Hall–Kier alpha value is -1.86. The highest BCUT2D eigenvalue weighted by atomic mass is 16.6. The Labute approximate surface area is 123 Å². The highest BCUT2D eigenvalue weighted by molar-refractivity contribution is 5.64. The molecule has 0 saturated carbocycles. The molecule has 0 radical (unpaired) electrons. The maximum atomic E-state index is 11.1. The van der Waals surface area contributed by atoms with Crippen LogP contribution >= 0.6 is 0 Å². The zero-order valence-corrected chi connectivity index (χ0v) is 12.2. The number of non-ortho nitro benzene ring substituents is 1. The van der Waals surface area contributed by atoms with Crippen molar-refractivity contribution in [2.75, 3.05) is 30.5 Å². The highest BCUT2D eigenvalue weighted by Crippen LogP contribution is 2.33. The molecule has 1 aromatic rings. The minimum Gasteiger partial charge on any atom is -0.370 e. The average Bonchev–Trinajstić information content (AvgIpc) is 2.71. The summed E-state index contributed by atoms with van der Waals surface area (Å²) in [6.45, 7) is 1.84. The molecule has 0 spiro atoms. The van der Waals surface area contributed by atoms with Gasteiger partial charge in [-0.2, -0.15) is 0 Å². The van der Waals surface area contributed by atoms with Gasteiger partial charge in [-0.1, -0.05) is 0 Å². The lowest BCUT2D eigenvalue weighted by Crippen LogP contribution is -2.36. The van der Waals surface area contributed by atoms with Crippen LogP contribution in [0.2, 0.25) is 0 Å². The summed E-state index contributed by atoms with van der Waals surface area (Å²) >= 11 is 0. The molecule has 7 nitrogen and oxygen atoms in total. The summed E-state index contributed by atoms with van der Waals surface area (Å²) < 4.78 is 0. The van der Waals surface area contributed by atoms with Crippen molar-refractivity contribution in [3.05, 3.63) is 28.3 Å². The Balaban J connectivity index is 1.89. The normalized spacial score (nSPS) is 25.7. The van der Waals surface area contributed by atoms with E-state index in [1.54, 1.807) is 6.07 Å². The molecule has 1 aromatic carbocycles. The quantitative estimate of drug-likeness (QED) is 0.499. The molecular formula is C14H21N5O2. The van der Waals surface area contributed by atoms with Crippen molar-refractivity contribution in [2.24, 2.45) is 5.84 Å². The van der Waals surface area contributed by atoms with Crippen molar-refractivity contribution in [1.29, 1.82) is 0 Å². The van der Waals surface area contributed by atoms with Gasteiger partial charge >= 0.3 is 0 Å². The first-order valence-electron chi connectivity index (χ1n) is 7.31. The van der Waals surface area contributed by atoms with Crippen molar-refractivity contribution in [1.82, 2.24) is 4.90 Å². The summed E-state index contributed by atoms with van der Waals surface area (Å²) in [7, 11) is 2.19. The molecule has 7 heteroatoms. The minimum atomic E-state index is -0.375. The number of nitrogens with two attached hydrogens (primary N) is 1. The first-order valence-corrected chi connectivity index (χ1v) is 7.31. The molecule has 0 aromatic heterocycles. The molecule has 2 bridgehead atoms. The third-order valence-corrected chi connectivity index (χ3v) is 4.79. The number of rotatable bonds is 3. The zero-order chi connectivity index (χ0) is 15.0. The van der Waals surface area contributed by atoms with Gasteiger partial charge in [-0.15, -0.1) is 0 Å². The van der Waals surface area contributed by atoms with E-state index in [2.05, 4.69) is 22.3 Å². The lowest BCUT2D eigenvalue weighted by atomic mass is 10.1. The van der Waals surface area contributed by atoms with Gasteiger partial charge in [-0.05, 0) is 32.4 Å². The average molecular weight is 291 g/mol. The standard InChI is InChI=1S/C14H21N5O2/c1-17-11-2-3-12(17)9-18(5-4-11)13-6-10(16-15)7-14(8-13)19(20)21/h6-8,11-12,16H,2-5,9,15H2,1H3. The number of likely N-dealkylation sites (N-methyl/N-ethyl adjacent to an activating group) is 1. The number of nitrogens with one attached hydrogen (secondary N) is 1. The van der Waals surface area contributed by atoms with Crippen LogP contribution in [0.5, 0.6) is 0 Å². The smallest absolute Gasteiger partial charge is 0.273 e. The molecule has 0 amide bonds. The Morgan fingerprint density at radius 2 is 2.05 bits per heavy atom. The van der Waals surface area contributed by atoms with Crippen molar-refractivity contribution in [3.63, 3.8) is 0 Å². The molecule has 2 fully saturated rings. The maximum Gasteiger partial charge on any atom is 0.273 e. The van der Waals surface area contributed by atoms with Gasteiger partial charge in [0.15, 0.2) is 0 Å². The first kappa shape index (κ1) is 14.1. The van der Waals surface area contributed by atoms with E-state index in [1.807, 2.05) is 6.07 Å². The van der Waals surface area contributed by atoms with E-state index in [9.17, 15) is 10.1 Å². The predicted molar refractivity (Wildman–Crippen MR) is 82.3 cm³/mol. The number of nitrogens with zero attached hydrogens (tertiary/aromatic N) is 3. The largest absolute Gasteiger partial charge is 0.370 e. The van der Waals surface area contributed by atoms with Gasteiger partial charge < -0.3 is 10.3 Å². The Morgan fingerprint density at radius 3 is 2.76 bits per heavy atom. The number of nitro groups is 1. The Bertz CT molecular complexity index is 550. The molecular weight excluding hydrogens is 270 g/mol. The van der Waals surface area contributed by atoms with Crippen LogP contribution in [-0.2, 0) is 0 Å². The van der Waals surface area contributed by atoms with Crippen LogP contribution in [-0.4, -0.2) is 42.0 Å². The fraction of sp³-hybridized carbons (Fsp3) is 0.571. The van der Waals surface area contributed by atoms with Crippen molar-refractivity contribution in [2.45, 2.75) is 31.3 Å². The molecule has 21 heavy (non-hydrogen) atoms. The maximum absolute atomic E-state index is 11.1. The van der Waals surface area contributed by atoms with Crippen LogP contribution in [0, 0.1) is 10.1 Å². The van der Waals surface area contributed by atoms with E-state index in [1.165, 1.54) is 18.9 Å². The summed E-state index contributed by atoms with van der Waals surface area (Å²) in [5.41, 5.74) is 4.04. The van der Waals surface area contributed by atoms with Gasteiger partial charge in [0.25, 0.3) is 5.69 Å². The molecule has 2 unspecified atom stereocenters. The van der Waals surface area contributed by atoms with Gasteiger partial charge in [0.2, 0.25) is 0 Å². The van der Waals surface area contributed by atoms with Gasteiger partial charge in [-0.25, -0.2) is 0 Å². The Kier molecular flexibility index (Phi) is 3.69. The summed E-state index contributed by atoms with van der Waals surface area (Å²) in [5, 5.41) is 11.1. The van der Waals surface area contributed by atoms with E-state index in [-0.39, 0.29) is 10.6 Å². The third-order valence-electron chi connectivity index (χ3n) is 4.79. The van der Waals surface area contributed by atoms with Crippen LogP contribution < -0.4 is 16.2 Å². The molecule has 2 heterocycles. The second-order valence-electron chi connectivity index (χ2n) is 5.92. The van der Waals surface area contributed by atoms with Gasteiger partial charge in [0, 0.05) is 43.0 Å². The van der Waals surface area contributed by atoms with Crippen LogP contribution in [0.3, 0.4) is 0 Å². The second-order valence-corrected chi connectivity index (χ2v) is 5.92. The molecule has 3 rings (SSSR count). The summed E-state index contributed by atoms with van der Waals surface area (Å²) in [6, 6.07) is 6.16. The summed E-state index contributed by atoms with van der Waals surface area (Å²) in [4.78, 5) is 15.4. The predicted octanol–water partition coefficient (Wildman–Crippen LogP) is 1.55. The summed E-state index contributed by atoms with van der Waals surface area (Å²) in [6.07, 6.45) is 3.56. The number of nitro benzene ring substituents is 1. The molecule has 2 atom stereocenters. The van der Waals surface area contributed by atoms with Gasteiger partial charge in [-0.3, -0.25) is 20.9 Å². The monoisotopic (exact) mass is 291 g/mol. The zero-order valence-electron chi connectivity index (χ0n) is 12.2. The van der Waals surface area contributed by atoms with Crippen molar-refractivity contribution < 1.29 is 4.92 Å². The third kappa shape index (κ3) is 2.66. The van der Waals surface area contributed by atoms with E-state index in [0.717, 1.165) is 25.2 Å². The summed E-state index contributed by atoms with van der Waals surface area (Å²) in [5.74, 6) is 5.43. The molecule has 114 valence electrons. The van der Waals surface area contributed by atoms with E-state index in [0.29, 0.717) is 17.8 Å². The lowest BCUT2D eigenvalue weighted by Gasteiger charge is -2.27. The van der Waals surface area contributed by atoms with Crippen LogP contribution in [0.25, 0.3) is 0 Å². The minimum absolute atomic E-state index is 0.0724. The molecule has 2 saturated heterocycles. The topological polar surface area (TPSA) is 87.7 Å². The molecule has 2 aliphatic rings. The number of benzene rings is 1. The van der Waals surface area contributed by atoms with Crippen molar-refractivity contribution in [3.8, 4) is 0 Å². The van der Waals surface area contributed by atoms with Crippen LogP contribution in [0.1, 0.15) is 19.3 Å². The van der Waals surface area contributed by atoms with Gasteiger partial charge in [0.05, 0.1) is 10.6 Å². The van der Waals surface area contributed by atoms with E-state index >= 15 is 0 Å². The lowest BCUT2D eigenvalue weighted by molar-refractivity contribution is -0.384. The van der Waals surface area contributed by atoms with Gasteiger partial charge in [0.1, 0.15) is 0 Å². The first-order chi connectivity index (χ1) is 10.1. The number of hydrogen-bond donors (Lipinski definition) is 2. The number of fused-ring (bicyclic) bond motifs is 2. The number of anilines is 2. The molecule has 0 aliphatic carbocycles. The highest BCUT2D eigenvalue weighted by Gasteiger charge is 2.34. The van der Waals surface area contributed by atoms with E-state index in [4.69, 9.17) is 5.84 Å². The number of hydrogen-bond acceptors (Lipinski definition) is 6.